The average molecular weight is 116 g/mol. The van der Waals surface area contributed by atoms with Crippen LogP contribution >= 0.6 is 0 Å². The molecule has 0 rings (SSSR count). The molecule has 1 heteroatoms. The van der Waals surface area contributed by atoms with Crippen molar-refractivity contribution in [1.82, 2.24) is 0 Å². The molecule has 0 aliphatic rings. The Kier molecular flexibility index (Phi) is 5.08. The van der Waals surface area contributed by atoms with Crippen molar-refractivity contribution in [2.45, 2.75) is 26.7 Å². The molecule has 0 aliphatic carbocycles. The van der Waals surface area contributed by atoms with Gasteiger partial charge in [-0.25, -0.2) is 0 Å². The molecule has 0 saturated carbocycles. The predicted molar refractivity (Wildman–Crippen MR) is 35.9 cm³/mol. The molecule has 0 bridgehead atoms. The Morgan fingerprint density at radius 3 is 2.50 bits per heavy atom. The Morgan fingerprint density at radius 1 is 1.50 bits per heavy atom. The fraction of sp³-hybridized carbons (Fsp3) is 1.00. The number of hydrogen-bond acceptors (Lipinski definition) is 1. The van der Waals surface area contributed by atoms with E-state index >= 15 is 0 Å². The first kappa shape index (κ1) is 7.96. The summed E-state index contributed by atoms with van der Waals surface area (Å²) in [4.78, 5) is 0. The average Bonchev–Trinajstić information content (AvgIpc) is 1.83. The zero-order valence-electron chi connectivity index (χ0n) is 6.11. The van der Waals surface area contributed by atoms with Crippen LogP contribution < -0.4 is 0 Å². The third-order valence-corrected chi connectivity index (χ3v) is 1.51. The maximum atomic E-state index is 4.91. The first-order chi connectivity index (χ1) is 3.81. The van der Waals surface area contributed by atoms with Gasteiger partial charge in [0.05, 0.1) is 0 Å². The van der Waals surface area contributed by atoms with Gasteiger partial charge >= 0.3 is 0 Å². The summed E-state index contributed by atoms with van der Waals surface area (Å²) in [6.07, 6.45) is 2.47. The second-order valence-electron chi connectivity index (χ2n) is 2.29. The zero-order valence-corrected chi connectivity index (χ0v) is 6.11. The Hall–Kier alpha value is -0.0400. The van der Waals surface area contributed by atoms with Gasteiger partial charge < -0.3 is 4.74 Å². The highest BCUT2D eigenvalue weighted by atomic mass is 16.5. The lowest BCUT2D eigenvalue weighted by Crippen LogP contribution is -1.97. The summed E-state index contributed by atoms with van der Waals surface area (Å²) in [6.45, 7) is 5.37. The molecular formula is C7H16O. The number of rotatable bonds is 4. The van der Waals surface area contributed by atoms with Crippen molar-refractivity contribution < 1.29 is 4.74 Å². The Bertz CT molecular complexity index is 43.7. The highest BCUT2D eigenvalue weighted by molar-refractivity contribution is 4.46. The molecule has 1 nitrogen and oxygen atoms in total. The summed E-state index contributed by atoms with van der Waals surface area (Å²) >= 11 is 0. The van der Waals surface area contributed by atoms with Crippen LogP contribution in [0.15, 0.2) is 0 Å². The van der Waals surface area contributed by atoms with E-state index in [2.05, 4.69) is 13.8 Å². The van der Waals surface area contributed by atoms with Crippen LogP contribution in [0.1, 0.15) is 26.7 Å². The second-order valence-corrected chi connectivity index (χ2v) is 2.29. The lowest BCUT2D eigenvalue weighted by Gasteiger charge is -2.04. The number of hydrogen-bond donors (Lipinski definition) is 0. The predicted octanol–water partition coefficient (Wildman–Crippen LogP) is 2.07. The third kappa shape index (κ3) is 4.13. The number of ether oxygens (including phenoxy) is 1. The summed E-state index contributed by atoms with van der Waals surface area (Å²) in [6, 6.07) is 0. The van der Waals surface area contributed by atoms with Crippen LogP contribution in [0.2, 0.25) is 0 Å². The molecule has 0 aromatic rings. The molecule has 0 aromatic heterocycles. The van der Waals surface area contributed by atoms with Crippen molar-refractivity contribution in [2.75, 3.05) is 13.7 Å². The summed E-state index contributed by atoms with van der Waals surface area (Å²) in [7, 11) is 1.75. The molecule has 0 amide bonds. The quantitative estimate of drug-likeness (QED) is 0.546. The lowest BCUT2D eigenvalue weighted by molar-refractivity contribution is 0.179. The van der Waals surface area contributed by atoms with Gasteiger partial charge in [-0.2, -0.15) is 0 Å². The van der Waals surface area contributed by atoms with Crippen LogP contribution in [0.25, 0.3) is 0 Å². The monoisotopic (exact) mass is 116 g/mol. The van der Waals surface area contributed by atoms with Crippen molar-refractivity contribution >= 4 is 0 Å². The van der Waals surface area contributed by atoms with E-state index in [4.69, 9.17) is 4.74 Å². The van der Waals surface area contributed by atoms with Gasteiger partial charge in [0.25, 0.3) is 0 Å². The van der Waals surface area contributed by atoms with E-state index in [9.17, 15) is 0 Å². The summed E-state index contributed by atoms with van der Waals surface area (Å²) < 4.78 is 4.91. The summed E-state index contributed by atoms with van der Waals surface area (Å²) in [5, 5.41) is 0. The van der Waals surface area contributed by atoms with Crippen LogP contribution in [0.5, 0.6) is 0 Å². The molecule has 50 valence electrons. The number of methoxy groups -OCH3 is 1. The van der Waals surface area contributed by atoms with Crippen LogP contribution in [0.4, 0.5) is 0 Å². The minimum atomic E-state index is 0.829. The van der Waals surface area contributed by atoms with Crippen molar-refractivity contribution in [2.24, 2.45) is 5.92 Å². The molecule has 0 aliphatic heterocycles. The first-order valence-electron chi connectivity index (χ1n) is 3.30. The molecule has 8 heavy (non-hydrogen) atoms. The van der Waals surface area contributed by atoms with Crippen molar-refractivity contribution in [3.8, 4) is 0 Å². The molecule has 0 fully saturated rings. The fourth-order valence-electron chi connectivity index (χ4n) is 0.523. The SMILES string of the molecule is CC[C@@H](C)CCOC. The van der Waals surface area contributed by atoms with Gasteiger partial charge in [0.2, 0.25) is 0 Å². The third-order valence-electron chi connectivity index (χ3n) is 1.51. The van der Waals surface area contributed by atoms with Crippen molar-refractivity contribution in [3.05, 3.63) is 0 Å². The van der Waals surface area contributed by atoms with Gasteiger partial charge in [0.1, 0.15) is 0 Å². The van der Waals surface area contributed by atoms with E-state index in [-0.39, 0.29) is 0 Å². The topological polar surface area (TPSA) is 9.23 Å². The first-order valence-corrected chi connectivity index (χ1v) is 3.30. The summed E-state index contributed by atoms with van der Waals surface area (Å²) in [5.41, 5.74) is 0. The Morgan fingerprint density at radius 2 is 2.12 bits per heavy atom. The Balaban J connectivity index is 2.86. The normalized spacial score (nSPS) is 13.9. The van der Waals surface area contributed by atoms with Crippen LogP contribution in [-0.2, 0) is 4.74 Å². The molecule has 0 heterocycles. The second kappa shape index (κ2) is 5.10. The van der Waals surface area contributed by atoms with Gasteiger partial charge in [-0.05, 0) is 12.3 Å². The van der Waals surface area contributed by atoms with Gasteiger partial charge in [-0.1, -0.05) is 20.3 Å². The van der Waals surface area contributed by atoms with Crippen LogP contribution in [0.3, 0.4) is 0 Å². The molecular weight excluding hydrogens is 100 g/mol. The van der Waals surface area contributed by atoms with Crippen LogP contribution in [0, 0.1) is 5.92 Å². The van der Waals surface area contributed by atoms with E-state index in [1.54, 1.807) is 7.11 Å². The van der Waals surface area contributed by atoms with E-state index in [1.807, 2.05) is 0 Å². The van der Waals surface area contributed by atoms with Crippen molar-refractivity contribution in [1.29, 1.82) is 0 Å². The van der Waals surface area contributed by atoms with Crippen LogP contribution in [-0.4, -0.2) is 13.7 Å². The maximum Gasteiger partial charge on any atom is 0.0464 e. The molecule has 0 unspecified atom stereocenters. The highest BCUT2D eigenvalue weighted by Crippen LogP contribution is 2.04. The van der Waals surface area contributed by atoms with Gasteiger partial charge in [-0.3, -0.25) is 0 Å². The molecule has 0 radical (unpaired) electrons. The fourth-order valence-corrected chi connectivity index (χ4v) is 0.523. The maximum absolute atomic E-state index is 4.91. The van der Waals surface area contributed by atoms with Gasteiger partial charge in [-0.15, -0.1) is 0 Å². The Labute approximate surface area is 52.0 Å². The van der Waals surface area contributed by atoms with E-state index in [1.165, 1.54) is 12.8 Å². The smallest absolute Gasteiger partial charge is 0.0464 e. The minimum Gasteiger partial charge on any atom is -0.385 e. The van der Waals surface area contributed by atoms with Gasteiger partial charge in [0.15, 0.2) is 0 Å². The van der Waals surface area contributed by atoms with E-state index in [0.29, 0.717) is 0 Å². The zero-order chi connectivity index (χ0) is 6.41. The molecule has 1 atom stereocenters. The highest BCUT2D eigenvalue weighted by Gasteiger charge is 1.95. The lowest BCUT2D eigenvalue weighted by atomic mass is 10.1. The molecule has 0 spiro atoms. The molecule has 0 aromatic carbocycles. The standard InChI is InChI=1S/C7H16O/c1-4-7(2)5-6-8-3/h7H,4-6H2,1-3H3/t7-/m1/s1. The molecule has 0 saturated heterocycles. The molecule has 0 N–H and O–H groups in total. The van der Waals surface area contributed by atoms with Gasteiger partial charge in [0, 0.05) is 13.7 Å². The minimum absolute atomic E-state index is 0.829. The van der Waals surface area contributed by atoms with E-state index < -0.39 is 0 Å². The summed E-state index contributed by atoms with van der Waals surface area (Å²) in [5.74, 6) is 0.829. The van der Waals surface area contributed by atoms with Crippen molar-refractivity contribution in [3.63, 3.8) is 0 Å². The largest absolute Gasteiger partial charge is 0.385 e. The van der Waals surface area contributed by atoms with E-state index in [0.717, 1.165) is 12.5 Å².